The summed E-state index contributed by atoms with van der Waals surface area (Å²) in [5, 5.41) is 42.1. The third-order valence-corrected chi connectivity index (χ3v) is 2.83. The number of hydrogen-bond acceptors (Lipinski definition) is 7. The normalized spacial score (nSPS) is 33.0. The van der Waals surface area contributed by atoms with Crippen molar-refractivity contribution >= 4 is 0 Å². The van der Waals surface area contributed by atoms with Crippen molar-refractivity contribution in [2.45, 2.75) is 44.0 Å². The monoisotopic (exact) mass is 259 g/mol. The molecule has 0 spiro atoms. The maximum absolute atomic E-state index is 9.79. The van der Waals surface area contributed by atoms with E-state index >= 15 is 0 Å². The van der Waals surface area contributed by atoms with E-state index in [9.17, 15) is 15.3 Å². The van der Waals surface area contributed by atoms with Crippen molar-refractivity contribution in [3.05, 3.63) is 12.2 Å². The second kappa shape index (κ2) is 4.56. The van der Waals surface area contributed by atoms with E-state index in [-0.39, 0.29) is 5.82 Å². The lowest BCUT2D eigenvalue weighted by Gasteiger charge is -2.15. The minimum Gasteiger partial charge on any atom is -0.394 e. The zero-order valence-corrected chi connectivity index (χ0v) is 10.1. The van der Waals surface area contributed by atoms with E-state index in [0.29, 0.717) is 0 Å². The van der Waals surface area contributed by atoms with Gasteiger partial charge in [-0.1, -0.05) is 0 Å². The smallest absolute Gasteiger partial charge is 0.181 e. The Bertz CT molecular complexity index is 416. The van der Waals surface area contributed by atoms with Crippen LogP contribution in [-0.4, -0.2) is 60.1 Å². The molecule has 0 amide bonds. The molecule has 0 aromatic carbocycles. The molecule has 18 heavy (non-hydrogen) atoms. The fourth-order valence-corrected chi connectivity index (χ4v) is 1.78. The number of hydrogen-bond donors (Lipinski definition) is 4. The molecule has 1 aromatic heterocycles. The SMILES string of the molecule is CC(C)(O)c1ncn([C@@H]2O[C@H](CO)C(O)[C@@H]2O)n1. The summed E-state index contributed by atoms with van der Waals surface area (Å²) < 4.78 is 6.50. The fourth-order valence-electron chi connectivity index (χ4n) is 1.78. The summed E-state index contributed by atoms with van der Waals surface area (Å²) >= 11 is 0. The van der Waals surface area contributed by atoms with Crippen molar-refractivity contribution in [2.75, 3.05) is 6.61 Å². The van der Waals surface area contributed by atoms with Crippen LogP contribution in [0.15, 0.2) is 6.33 Å². The summed E-state index contributed by atoms with van der Waals surface area (Å²) in [5.74, 6) is 0.181. The van der Waals surface area contributed by atoms with Crippen LogP contribution in [-0.2, 0) is 10.3 Å². The van der Waals surface area contributed by atoms with Crippen LogP contribution in [0.4, 0.5) is 0 Å². The van der Waals surface area contributed by atoms with Crippen LogP contribution in [0, 0.1) is 0 Å². The van der Waals surface area contributed by atoms with Crippen LogP contribution < -0.4 is 0 Å². The fraction of sp³-hybridized carbons (Fsp3) is 0.800. The predicted molar refractivity (Wildman–Crippen MR) is 58.3 cm³/mol. The molecule has 2 rings (SSSR count). The van der Waals surface area contributed by atoms with Gasteiger partial charge in [-0.15, -0.1) is 0 Å². The second-order valence-corrected chi connectivity index (χ2v) is 4.84. The van der Waals surface area contributed by atoms with Crippen LogP contribution in [0.2, 0.25) is 0 Å². The van der Waals surface area contributed by atoms with Gasteiger partial charge in [0, 0.05) is 0 Å². The highest BCUT2D eigenvalue weighted by atomic mass is 16.6. The van der Waals surface area contributed by atoms with Crippen LogP contribution in [0.1, 0.15) is 25.9 Å². The summed E-state index contributed by atoms with van der Waals surface area (Å²) in [7, 11) is 0. The largest absolute Gasteiger partial charge is 0.394 e. The Labute approximate surface area is 103 Å². The zero-order valence-electron chi connectivity index (χ0n) is 10.1. The molecule has 1 fully saturated rings. The topological polar surface area (TPSA) is 121 Å². The molecule has 1 unspecified atom stereocenters. The molecule has 4 atom stereocenters. The lowest BCUT2D eigenvalue weighted by Crippen LogP contribution is -2.33. The first-order valence-corrected chi connectivity index (χ1v) is 5.61. The number of ether oxygens (including phenoxy) is 1. The van der Waals surface area contributed by atoms with Crippen molar-refractivity contribution in [1.29, 1.82) is 0 Å². The molecule has 8 nitrogen and oxygen atoms in total. The third-order valence-electron chi connectivity index (χ3n) is 2.83. The minimum atomic E-state index is -1.21. The van der Waals surface area contributed by atoms with E-state index in [1.165, 1.54) is 24.9 Å². The Morgan fingerprint density at radius 3 is 2.50 bits per heavy atom. The highest BCUT2D eigenvalue weighted by Crippen LogP contribution is 2.29. The van der Waals surface area contributed by atoms with E-state index in [2.05, 4.69) is 10.1 Å². The lowest BCUT2D eigenvalue weighted by molar-refractivity contribution is -0.0595. The van der Waals surface area contributed by atoms with Gasteiger partial charge in [0.25, 0.3) is 0 Å². The Morgan fingerprint density at radius 2 is 2.06 bits per heavy atom. The van der Waals surface area contributed by atoms with Crippen molar-refractivity contribution in [2.24, 2.45) is 0 Å². The summed E-state index contributed by atoms with van der Waals surface area (Å²) in [5.41, 5.74) is -1.20. The molecular formula is C10H17N3O5. The van der Waals surface area contributed by atoms with E-state index < -0.39 is 36.7 Å². The summed E-state index contributed by atoms with van der Waals surface area (Å²) in [6.45, 7) is 2.66. The number of rotatable bonds is 3. The molecule has 1 saturated heterocycles. The van der Waals surface area contributed by atoms with E-state index in [4.69, 9.17) is 9.84 Å². The van der Waals surface area contributed by atoms with Gasteiger partial charge in [0.15, 0.2) is 12.1 Å². The highest BCUT2D eigenvalue weighted by Gasteiger charge is 2.44. The van der Waals surface area contributed by atoms with Crippen LogP contribution >= 0.6 is 0 Å². The van der Waals surface area contributed by atoms with Gasteiger partial charge in [0.1, 0.15) is 30.2 Å². The molecule has 0 aliphatic carbocycles. The van der Waals surface area contributed by atoms with Gasteiger partial charge in [-0.3, -0.25) is 0 Å². The Morgan fingerprint density at radius 1 is 1.39 bits per heavy atom. The molecule has 0 radical (unpaired) electrons. The molecule has 1 aromatic rings. The molecule has 2 heterocycles. The number of aliphatic hydroxyl groups is 4. The van der Waals surface area contributed by atoms with Gasteiger partial charge in [0.2, 0.25) is 0 Å². The molecule has 1 aliphatic heterocycles. The van der Waals surface area contributed by atoms with Gasteiger partial charge in [-0.2, -0.15) is 5.10 Å². The number of aromatic nitrogens is 3. The molecular weight excluding hydrogens is 242 g/mol. The van der Waals surface area contributed by atoms with Gasteiger partial charge in [0.05, 0.1) is 6.61 Å². The number of aliphatic hydroxyl groups excluding tert-OH is 3. The van der Waals surface area contributed by atoms with Crippen molar-refractivity contribution in [3.63, 3.8) is 0 Å². The van der Waals surface area contributed by atoms with Crippen molar-refractivity contribution in [3.8, 4) is 0 Å². The van der Waals surface area contributed by atoms with Gasteiger partial charge in [-0.25, -0.2) is 9.67 Å². The average molecular weight is 259 g/mol. The third kappa shape index (κ3) is 2.25. The first kappa shape index (κ1) is 13.4. The summed E-state index contributed by atoms with van der Waals surface area (Å²) in [6, 6.07) is 0. The lowest BCUT2D eigenvalue weighted by atomic mass is 10.1. The molecule has 0 saturated carbocycles. The molecule has 8 heteroatoms. The van der Waals surface area contributed by atoms with Gasteiger partial charge >= 0.3 is 0 Å². The maximum Gasteiger partial charge on any atom is 0.181 e. The van der Waals surface area contributed by atoms with Crippen molar-refractivity contribution in [1.82, 2.24) is 14.8 Å². The first-order chi connectivity index (χ1) is 8.34. The Kier molecular flexibility index (Phi) is 3.39. The molecule has 4 N–H and O–H groups in total. The first-order valence-electron chi connectivity index (χ1n) is 5.61. The van der Waals surface area contributed by atoms with E-state index in [0.717, 1.165) is 0 Å². The maximum atomic E-state index is 9.79. The van der Waals surface area contributed by atoms with Gasteiger partial charge in [-0.05, 0) is 13.8 Å². The van der Waals surface area contributed by atoms with Crippen LogP contribution in [0.25, 0.3) is 0 Å². The zero-order chi connectivity index (χ0) is 13.5. The van der Waals surface area contributed by atoms with Crippen LogP contribution in [0.3, 0.4) is 0 Å². The van der Waals surface area contributed by atoms with Gasteiger partial charge < -0.3 is 25.2 Å². The highest BCUT2D eigenvalue weighted by molar-refractivity contribution is 4.96. The molecule has 0 bridgehead atoms. The summed E-state index contributed by atoms with van der Waals surface area (Å²) in [4.78, 5) is 3.91. The quantitative estimate of drug-likeness (QED) is 0.501. The standard InChI is InChI=1S/C10H17N3O5/c1-10(2,17)9-11-4-13(12-9)8-7(16)6(15)5(3-14)18-8/h4-8,14-17H,3H2,1-2H3/t5-,6?,7+,8-/m1/s1. The predicted octanol–water partition coefficient (Wildman–Crippen LogP) is -1.88. The second-order valence-electron chi connectivity index (χ2n) is 4.84. The Balaban J connectivity index is 2.20. The van der Waals surface area contributed by atoms with E-state index in [1.807, 2.05) is 0 Å². The molecule has 1 aliphatic rings. The van der Waals surface area contributed by atoms with Crippen LogP contribution in [0.5, 0.6) is 0 Å². The number of nitrogens with zero attached hydrogens (tertiary/aromatic N) is 3. The van der Waals surface area contributed by atoms with E-state index in [1.54, 1.807) is 0 Å². The summed E-state index contributed by atoms with van der Waals surface area (Å²) in [6.07, 6.45) is -2.89. The average Bonchev–Trinajstić information content (AvgIpc) is 2.86. The minimum absolute atomic E-state index is 0.181. The Hall–Kier alpha value is -1.06. The van der Waals surface area contributed by atoms with Crippen molar-refractivity contribution < 1.29 is 25.2 Å². The molecule has 102 valence electrons.